The number of methoxy groups -OCH3 is 1. The first kappa shape index (κ1) is 15.2. The van der Waals surface area contributed by atoms with Crippen molar-refractivity contribution >= 4 is 29.1 Å². The lowest BCUT2D eigenvalue weighted by molar-refractivity contribution is 0.0601. The van der Waals surface area contributed by atoms with Crippen molar-refractivity contribution in [2.24, 2.45) is 0 Å². The van der Waals surface area contributed by atoms with E-state index in [1.807, 2.05) is 41.8 Å². The number of hydrogen-bond donors (Lipinski definition) is 0. The van der Waals surface area contributed by atoms with E-state index in [1.165, 1.54) is 18.4 Å². The number of ether oxygens (including phenoxy) is 1. The van der Waals surface area contributed by atoms with Crippen LogP contribution in [0.3, 0.4) is 0 Å². The predicted octanol–water partition coefficient (Wildman–Crippen LogP) is 4.09. The van der Waals surface area contributed by atoms with Crippen LogP contribution in [0, 0.1) is 0 Å². The number of fused-ring (bicyclic) bond motifs is 3. The fourth-order valence-corrected chi connectivity index (χ4v) is 5.01. The van der Waals surface area contributed by atoms with E-state index in [4.69, 9.17) is 4.74 Å². The average Bonchev–Trinajstić information content (AvgIpc) is 3.11. The molecular weight excluding hydrogens is 342 g/mol. The van der Waals surface area contributed by atoms with E-state index < -0.39 is 5.97 Å². The number of hydrogen-bond acceptors (Lipinski definition) is 5. The third-order valence-electron chi connectivity index (χ3n) is 3.97. The van der Waals surface area contributed by atoms with Crippen LogP contribution in [-0.2, 0) is 10.6 Å². The molecule has 0 saturated heterocycles. The predicted molar refractivity (Wildman–Crippen MR) is 96.6 cm³/mol. The normalized spacial score (nSPS) is 12.4. The maximum Gasteiger partial charge on any atom is 0.340 e. The van der Waals surface area contributed by atoms with E-state index in [2.05, 4.69) is 0 Å². The van der Waals surface area contributed by atoms with Gasteiger partial charge >= 0.3 is 5.97 Å². The molecule has 1 aliphatic heterocycles. The molecule has 4 nitrogen and oxygen atoms in total. The second-order valence-corrected chi connectivity index (χ2v) is 7.20. The number of aromatic nitrogens is 1. The van der Waals surface area contributed by atoms with Crippen LogP contribution in [-0.4, -0.2) is 17.6 Å². The number of carbonyl (C=O) groups excluding carboxylic acids is 1. The fourth-order valence-electron chi connectivity index (χ4n) is 2.84. The first-order valence-electron chi connectivity index (χ1n) is 7.33. The maximum atomic E-state index is 13.0. The lowest BCUT2D eigenvalue weighted by Gasteiger charge is -2.22. The van der Waals surface area contributed by atoms with Crippen LogP contribution < -0.4 is 5.56 Å². The van der Waals surface area contributed by atoms with Crippen molar-refractivity contribution in [3.05, 3.63) is 63.8 Å². The number of carbonyl (C=O) groups is 1. The molecule has 1 aromatic carbocycles. The summed E-state index contributed by atoms with van der Waals surface area (Å²) in [5, 5.41) is 1.98. The first-order chi connectivity index (χ1) is 11.7. The van der Waals surface area contributed by atoms with Gasteiger partial charge in [-0.3, -0.25) is 9.36 Å². The van der Waals surface area contributed by atoms with Gasteiger partial charge in [0.05, 0.1) is 29.1 Å². The van der Waals surface area contributed by atoms with Gasteiger partial charge in [0.15, 0.2) is 0 Å². The highest BCUT2D eigenvalue weighted by atomic mass is 32.2. The lowest BCUT2D eigenvalue weighted by Crippen LogP contribution is -2.27. The number of benzene rings is 1. The van der Waals surface area contributed by atoms with Crippen LogP contribution in [0.1, 0.15) is 10.4 Å². The Morgan fingerprint density at radius 1 is 1.21 bits per heavy atom. The van der Waals surface area contributed by atoms with Gasteiger partial charge in [-0.25, -0.2) is 4.79 Å². The van der Waals surface area contributed by atoms with E-state index in [0.29, 0.717) is 22.7 Å². The largest absolute Gasteiger partial charge is 0.465 e. The Bertz CT molecular complexity index is 989. The second kappa shape index (κ2) is 5.96. The highest BCUT2D eigenvalue weighted by Gasteiger charge is 2.27. The third-order valence-corrected chi connectivity index (χ3v) is 6.06. The SMILES string of the molecule is COC(=O)c1cc(-c2ccccc2)c(=O)n2c1-c1sccc1SC2. The minimum atomic E-state index is -0.429. The molecule has 0 atom stereocenters. The van der Waals surface area contributed by atoms with Crippen molar-refractivity contribution in [1.82, 2.24) is 4.57 Å². The van der Waals surface area contributed by atoms with E-state index in [-0.39, 0.29) is 5.56 Å². The monoisotopic (exact) mass is 355 g/mol. The zero-order valence-electron chi connectivity index (χ0n) is 12.8. The van der Waals surface area contributed by atoms with Gasteiger partial charge in [0.1, 0.15) is 0 Å². The molecule has 0 fully saturated rings. The Kier molecular flexibility index (Phi) is 3.78. The third kappa shape index (κ3) is 2.30. The molecule has 2 aromatic heterocycles. The van der Waals surface area contributed by atoms with E-state index in [9.17, 15) is 9.59 Å². The summed E-state index contributed by atoms with van der Waals surface area (Å²) in [6.07, 6.45) is 0. The Morgan fingerprint density at radius 3 is 2.75 bits per heavy atom. The molecule has 0 unspecified atom stereocenters. The van der Waals surface area contributed by atoms with E-state index >= 15 is 0 Å². The standard InChI is InChI=1S/C18H13NO3S2/c1-22-18(21)13-9-12(11-5-3-2-4-6-11)17(20)19-10-24-14-7-8-23-16(14)15(13)19/h2-9H,10H2,1H3. The van der Waals surface area contributed by atoms with Crippen molar-refractivity contribution in [1.29, 1.82) is 0 Å². The van der Waals surface area contributed by atoms with Crippen LogP contribution in [0.5, 0.6) is 0 Å². The molecule has 0 aliphatic carbocycles. The molecule has 0 amide bonds. The summed E-state index contributed by atoms with van der Waals surface area (Å²) < 4.78 is 6.65. The van der Waals surface area contributed by atoms with Crippen molar-refractivity contribution in [2.45, 2.75) is 10.8 Å². The molecule has 0 radical (unpaired) electrons. The topological polar surface area (TPSA) is 48.3 Å². The second-order valence-electron chi connectivity index (χ2n) is 5.30. The zero-order valence-corrected chi connectivity index (χ0v) is 14.4. The van der Waals surface area contributed by atoms with Gasteiger partial charge in [0, 0.05) is 10.5 Å². The molecule has 0 bridgehead atoms. The number of pyridine rings is 1. The average molecular weight is 355 g/mol. The molecule has 24 heavy (non-hydrogen) atoms. The number of rotatable bonds is 2. The van der Waals surface area contributed by atoms with Gasteiger partial charge in [0.25, 0.3) is 5.56 Å². The number of thioether (sulfide) groups is 1. The fraction of sp³-hybridized carbons (Fsp3) is 0.111. The van der Waals surface area contributed by atoms with Crippen LogP contribution in [0.25, 0.3) is 21.7 Å². The molecule has 0 saturated carbocycles. The molecule has 3 heterocycles. The summed E-state index contributed by atoms with van der Waals surface area (Å²) in [6.45, 7) is 0. The van der Waals surface area contributed by atoms with Gasteiger partial charge in [-0.15, -0.1) is 23.1 Å². The smallest absolute Gasteiger partial charge is 0.340 e. The number of thiophene rings is 1. The molecule has 0 N–H and O–H groups in total. The molecule has 3 aromatic rings. The van der Waals surface area contributed by atoms with Crippen LogP contribution in [0.2, 0.25) is 0 Å². The molecule has 0 spiro atoms. The Morgan fingerprint density at radius 2 is 2.00 bits per heavy atom. The van der Waals surface area contributed by atoms with Crippen molar-refractivity contribution in [2.75, 3.05) is 7.11 Å². The summed E-state index contributed by atoms with van der Waals surface area (Å²) in [5.74, 6) is 0.0601. The maximum absolute atomic E-state index is 13.0. The van der Waals surface area contributed by atoms with Crippen molar-refractivity contribution < 1.29 is 9.53 Å². The molecular formula is C18H13NO3S2. The summed E-state index contributed by atoms with van der Waals surface area (Å²) >= 11 is 3.14. The molecule has 4 rings (SSSR count). The number of nitrogens with zero attached hydrogens (tertiary/aromatic N) is 1. The van der Waals surface area contributed by atoms with Gasteiger partial charge < -0.3 is 4.74 Å². The minimum Gasteiger partial charge on any atom is -0.465 e. The molecule has 120 valence electrons. The molecule has 1 aliphatic rings. The minimum absolute atomic E-state index is 0.0876. The quantitative estimate of drug-likeness (QED) is 0.650. The lowest BCUT2D eigenvalue weighted by atomic mass is 10.0. The Hall–Kier alpha value is -2.31. The first-order valence-corrected chi connectivity index (χ1v) is 9.19. The summed E-state index contributed by atoms with van der Waals surface area (Å²) in [5.41, 5.74) is 2.32. The highest BCUT2D eigenvalue weighted by molar-refractivity contribution is 7.98. The van der Waals surface area contributed by atoms with Gasteiger partial charge in [-0.2, -0.15) is 0 Å². The van der Waals surface area contributed by atoms with Gasteiger partial charge in [-0.1, -0.05) is 30.3 Å². The van der Waals surface area contributed by atoms with E-state index in [0.717, 1.165) is 15.3 Å². The number of esters is 1. The van der Waals surface area contributed by atoms with Crippen molar-refractivity contribution in [3.8, 4) is 21.7 Å². The Labute approximate surface area is 146 Å². The van der Waals surface area contributed by atoms with Crippen LogP contribution in [0.4, 0.5) is 0 Å². The summed E-state index contributed by atoms with van der Waals surface area (Å²) in [6, 6.07) is 13.1. The Balaban J connectivity index is 2.06. The van der Waals surface area contributed by atoms with Gasteiger partial charge in [-0.05, 0) is 23.1 Å². The molecule has 6 heteroatoms. The highest BCUT2D eigenvalue weighted by Crippen LogP contribution is 2.43. The summed E-state index contributed by atoms with van der Waals surface area (Å²) in [4.78, 5) is 27.4. The zero-order chi connectivity index (χ0) is 16.7. The summed E-state index contributed by atoms with van der Waals surface area (Å²) in [7, 11) is 1.36. The van der Waals surface area contributed by atoms with Crippen molar-refractivity contribution in [3.63, 3.8) is 0 Å². The van der Waals surface area contributed by atoms with Crippen LogP contribution in [0.15, 0.2) is 57.5 Å². The van der Waals surface area contributed by atoms with Crippen LogP contribution >= 0.6 is 23.1 Å². The van der Waals surface area contributed by atoms with Gasteiger partial charge in [0.2, 0.25) is 0 Å². The van der Waals surface area contributed by atoms with E-state index in [1.54, 1.807) is 22.4 Å².